The fraction of sp³-hybridized carbons (Fsp3) is 0.269. The standard InChI is InChI=1S/C26H27N5O4S/c1-33-20-10-11-22(34-2)21(17-20)31-25(23-9-6-16-35-23)27-28-26(31)36-18-24(32)30-14-12-29(13-15-30)19-7-4-3-5-8-19/h3-11,16-17H,12-15,18H2,1-2H3. The Balaban J connectivity index is 1.34. The first-order chi connectivity index (χ1) is 17.7. The summed E-state index contributed by atoms with van der Waals surface area (Å²) < 4.78 is 18.5. The number of hydrogen-bond acceptors (Lipinski definition) is 8. The van der Waals surface area contributed by atoms with Crippen molar-refractivity contribution in [2.24, 2.45) is 0 Å². The maximum atomic E-state index is 13.1. The molecular formula is C26H27N5O4S. The van der Waals surface area contributed by atoms with Crippen molar-refractivity contribution in [2.45, 2.75) is 5.16 Å². The highest BCUT2D eigenvalue weighted by Gasteiger charge is 2.25. The van der Waals surface area contributed by atoms with Gasteiger partial charge in [-0.1, -0.05) is 30.0 Å². The fourth-order valence-corrected chi connectivity index (χ4v) is 5.04. The Labute approximate surface area is 213 Å². The molecule has 186 valence electrons. The molecule has 0 bridgehead atoms. The van der Waals surface area contributed by atoms with Gasteiger partial charge in [0, 0.05) is 37.9 Å². The molecular weight excluding hydrogens is 478 g/mol. The molecule has 9 nitrogen and oxygen atoms in total. The Hall–Kier alpha value is -3.92. The van der Waals surface area contributed by atoms with Gasteiger partial charge in [-0.2, -0.15) is 0 Å². The van der Waals surface area contributed by atoms with Gasteiger partial charge in [0.2, 0.25) is 11.7 Å². The Bertz CT molecular complexity index is 1300. The summed E-state index contributed by atoms with van der Waals surface area (Å²) in [7, 11) is 3.21. The SMILES string of the molecule is COc1ccc(OC)c(-n2c(SCC(=O)N3CCN(c4ccccc4)CC3)nnc2-c2ccco2)c1. The summed E-state index contributed by atoms with van der Waals surface area (Å²) in [4.78, 5) is 17.3. The minimum Gasteiger partial charge on any atom is -0.497 e. The van der Waals surface area contributed by atoms with E-state index in [0.29, 0.717) is 47.0 Å². The molecule has 1 aliphatic rings. The number of benzene rings is 2. The second kappa shape index (κ2) is 10.8. The average molecular weight is 506 g/mol. The van der Waals surface area contributed by atoms with Gasteiger partial charge >= 0.3 is 0 Å². The van der Waals surface area contributed by atoms with Gasteiger partial charge in [-0.05, 0) is 36.4 Å². The van der Waals surface area contributed by atoms with E-state index < -0.39 is 0 Å². The van der Waals surface area contributed by atoms with Crippen LogP contribution in [0.25, 0.3) is 17.3 Å². The number of amides is 1. The zero-order valence-electron chi connectivity index (χ0n) is 20.2. The fourth-order valence-electron chi connectivity index (χ4n) is 4.19. The predicted molar refractivity (Wildman–Crippen MR) is 138 cm³/mol. The molecule has 1 saturated heterocycles. The predicted octanol–water partition coefficient (Wildman–Crippen LogP) is 3.99. The van der Waals surface area contributed by atoms with E-state index in [-0.39, 0.29) is 11.7 Å². The van der Waals surface area contributed by atoms with Gasteiger partial charge in [0.15, 0.2) is 10.9 Å². The Kier molecular flexibility index (Phi) is 7.13. The lowest BCUT2D eigenvalue weighted by molar-refractivity contribution is -0.128. The summed E-state index contributed by atoms with van der Waals surface area (Å²) in [6, 6.07) is 19.4. The van der Waals surface area contributed by atoms with Crippen molar-refractivity contribution in [2.75, 3.05) is 51.1 Å². The number of rotatable bonds is 8. The molecule has 0 radical (unpaired) electrons. The summed E-state index contributed by atoms with van der Waals surface area (Å²) in [6.45, 7) is 2.98. The highest BCUT2D eigenvalue weighted by atomic mass is 32.2. The quantitative estimate of drug-likeness (QED) is 0.333. The summed E-state index contributed by atoms with van der Waals surface area (Å²) in [5, 5.41) is 9.32. The number of nitrogens with zero attached hydrogens (tertiary/aromatic N) is 5. The number of ether oxygens (including phenoxy) is 2. The molecule has 0 atom stereocenters. The van der Waals surface area contributed by atoms with Gasteiger partial charge in [0.25, 0.3) is 0 Å². The molecule has 1 fully saturated rings. The highest BCUT2D eigenvalue weighted by Crippen LogP contribution is 2.35. The molecule has 0 unspecified atom stereocenters. The number of piperazine rings is 1. The maximum absolute atomic E-state index is 13.1. The van der Waals surface area contributed by atoms with Gasteiger partial charge in [0.05, 0.1) is 31.9 Å². The third-order valence-corrected chi connectivity index (χ3v) is 6.99. The minimum atomic E-state index is 0.0689. The molecule has 3 heterocycles. The lowest BCUT2D eigenvalue weighted by Gasteiger charge is -2.36. The van der Waals surface area contributed by atoms with Crippen LogP contribution >= 0.6 is 11.8 Å². The molecule has 36 heavy (non-hydrogen) atoms. The monoisotopic (exact) mass is 505 g/mol. The average Bonchev–Trinajstić information content (AvgIpc) is 3.62. The summed E-state index contributed by atoms with van der Waals surface area (Å²) >= 11 is 1.34. The number of furan rings is 1. The number of carbonyl (C=O) groups excluding carboxylic acids is 1. The van der Waals surface area contributed by atoms with E-state index in [0.717, 1.165) is 13.1 Å². The van der Waals surface area contributed by atoms with E-state index in [1.54, 1.807) is 26.5 Å². The zero-order valence-corrected chi connectivity index (χ0v) is 21.0. The number of para-hydroxylation sites is 1. The number of methoxy groups -OCH3 is 2. The summed E-state index contributed by atoms with van der Waals surface area (Å²) in [6.07, 6.45) is 1.59. The van der Waals surface area contributed by atoms with E-state index in [1.165, 1.54) is 17.4 Å². The molecule has 4 aromatic rings. The molecule has 2 aromatic heterocycles. The third kappa shape index (κ3) is 4.90. The lowest BCUT2D eigenvalue weighted by atomic mass is 10.2. The van der Waals surface area contributed by atoms with Crippen molar-refractivity contribution < 1.29 is 18.7 Å². The van der Waals surface area contributed by atoms with Crippen molar-refractivity contribution in [3.63, 3.8) is 0 Å². The Morgan fingerprint density at radius 1 is 0.972 bits per heavy atom. The van der Waals surface area contributed by atoms with Crippen LogP contribution in [0.5, 0.6) is 11.5 Å². The van der Waals surface area contributed by atoms with Gasteiger partial charge in [-0.15, -0.1) is 10.2 Å². The van der Waals surface area contributed by atoms with Crippen molar-refractivity contribution in [3.05, 3.63) is 66.9 Å². The third-order valence-electron chi connectivity index (χ3n) is 6.08. The van der Waals surface area contributed by atoms with Crippen LogP contribution in [-0.2, 0) is 4.79 Å². The zero-order chi connectivity index (χ0) is 24.9. The number of carbonyl (C=O) groups is 1. The van der Waals surface area contributed by atoms with Gasteiger partial charge in [-0.25, -0.2) is 0 Å². The van der Waals surface area contributed by atoms with Gasteiger partial charge in [-0.3, -0.25) is 9.36 Å². The number of thioether (sulfide) groups is 1. The number of anilines is 1. The molecule has 0 N–H and O–H groups in total. The van der Waals surface area contributed by atoms with Gasteiger partial charge in [0.1, 0.15) is 11.5 Å². The summed E-state index contributed by atoms with van der Waals surface area (Å²) in [5.74, 6) is 2.66. The molecule has 2 aromatic carbocycles. The first-order valence-electron chi connectivity index (χ1n) is 11.6. The first-order valence-corrected chi connectivity index (χ1v) is 12.6. The first kappa shape index (κ1) is 23.8. The van der Waals surface area contributed by atoms with Crippen molar-refractivity contribution in [3.8, 4) is 28.8 Å². The van der Waals surface area contributed by atoms with Crippen LogP contribution in [0.15, 0.2) is 76.5 Å². The van der Waals surface area contributed by atoms with E-state index in [9.17, 15) is 4.79 Å². The number of hydrogen-bond donors (Lipinski definition) is 0. The smallest absolute Gasteiger partial charge is 0.233 e. The van der Waals surface area contributed by atoms with Crippen molar-refractivity contribution >= 4 is 23.4 Å². The lowest BCUT2D eigenvalue weighted by Crippen LogP contribution is -2.49. The normalized spacial score (nSPS) is 13.6. The van der Waals surface area contributed by atoms with Crippen molar-refractivity contribution in [1.29, 1.82) is 0 Å². The molecule has 0 saturated carbocycles. The second-order valence-corrected chi connectivity index (χ2v) is 9.09. The van der Waals surface area contributed by atoms with Crippen LogP contribution < -0.4 is 14.4 Å². The van der Waals surface area contributed by atoms with E-state index in [1.807, 2.05) is 51.9 Å². The summed E-state index contributed by atoms with van der Waals surface area (Å²) in [5.41, 5.74) is 1.88. The largest absolute Gasteiger partial charge is 0.497 e. The highest BCUT2D eigenvalue weighted by molar-refractivity contribution is 7.99. The van der Waals surface area contributed by atoms with E-state index in [4.69, 9.17) is 13.9 Å². The van der Waals surface area contributed by atoms with Crippen LogP contribution in [0.1, 0.15) is 0 Å². The van der Waals surface area contributed by atoms with Crippen LogP contribution in [0.4, 0.5) is 5.69 Å². The molecule has 0 spiro atoms. The van der Waals surface area contributed by atoms with Crippen LogP contribution in [0, 0.1) is 0 Å². The van der Waals surface area contributed by atoms with E-state index >= 15 is 0 Å². The Morgan fingerprint density at radius 2 is 1.78 bits per heavy atom. The van der Waals surface area contributed by atoms with Crippen LogP contribution in [0.2, 0.25) is 0 Å². The van der Waals surface area contributed by atoms with Gasteiger partial charge < -0.3 is 23.7 Å². The van der Waals surface area contributed by atoms with E-state index in [2.05, 4.69) is 27.2 Å². The minimum absolute atomic E-state index is 0.0689. The molecule has 5 rings (SSSR count). The van der Waals surface area contributed by atoms with Crippen LogP contribution in [-0.4, -0.2) is 71.7 Å². The topological polar surface area (TPSA) is 85.9 Å². The molecule has 10 heteroatoms. The van der Waals surface area contributed by atoms with Crippen LogP contribution in [0.3, 0.4) is 0 Å². The molecule has 1 aliphatic heterocycles. The molecule has 1 amide bonds. The number of aromatic nitrogens is 3. The second-order valence-electron chi connectivity index (χ2n) is 8.15. The van der Waals surface area contributed by atoms with Crippen molar-refractivity contribution in [1.82, 2.24) is 19.7 Å². The maximum Gasteiger partial charge on any atom is 0.233 e. The Morgan fingerprint density at radius 3 is 2.47 bits per heavy atom. The molecule has 0 aliphatic carbocycles.